The zero-order valence-corrected chi connectivity index (χ0v) is 84.0. The molecule has 0 bridgehead atoms. The first-order chi connectivity index (χ1) is 71.6. The van der Waals surface area contributed by atoms with E-state index in [1.165, 1.54) is 63.9 Å². The molecule has 2 aromatic carbocycles. The number of tetrazole rings is 1. The molecule has 0 saturated carbocycles. The Morgan fingerprint density at radius 2 is 1.20 bits per heavy atom. The Morgan fingerprint density at radius 1 is 0.587 bits per heavy atom. The summed E-state index contributed by atoms with van der Waals surface area (Å²) >= 11 is 0. The second-order valence-corrected chi connectivity index (χ2v) is 36.7. The summed E-state index contributed by atoms with van der Waals surface area (Å²) in [5.41, 5.74) is 18.8. The molecule has 828 valence electrons. The maximum absolute atomic E-state index is 15.5. The zero-order valence-electron chi connectivity index (χ0n) is 84.0. The van der Waals surface area contributed by atoms with Crippen molar-refractivity contribution < 1.29 is 121 Å². The molecule has 2 fully saturated rings. The van der Waals surface area contributed by atoms with Gasteiger partial charge in [0, 0.05) is 107 Å². The van der Waals surface area contributed by atoms with E-state index in [0.29, 0.717) is 39.8 Å². The lowest BCUT2D eigenvalue weighted by Crippen LogP contribution is -2.62. The molecule has 5 heterocycles. The minimum absolute atomic E-state index is 0. The summed E-state index contributed by atoms with van der Waals surface area (Å²) in [4.78, 5) is 276. The number of fused-ring (bicyclic) bond motifs is 2. The Kier molecular flexibility index (Phi) is 56.8. The first-order valence-electron chi connectivity index (χ1n) is 50.5. The zero-order chi connectivity index (χ0) is 108. The maximum Gasteiger partial charge on any atom is 0.317 e. The van der Waals surface area contributed by atoms with Crippen LogP contribution in [-0.4, -0.2) is 349 Å². The number of carbonyl (C=O) groups is 19. The molecule has 0 aliphatic carbocycles. The van der Waals surface area contributed by atoms with Crippen molar-refractivity contribution in [2.24, 2.45) is 17.2 Å². The lowest BCUT2D eigenvalue weighted by molar-refractivity contribution is -0.143. The molecule has 53 heteroatoms. The van der Waals surface area contributed by atoms with Crippen LogP contribution in [0.3, 0.4) is 0 Å². The Balaban J connectivity index is 0.0000343. The van der Waals surface area contributed by atoms with Crippen molar-refractivity contribution in [2.75, 3.05) is 91.9 Å². The highest BCUT2D eigenvalue weighted by Gasteiger charge is 2.45. The van der Waals surface area contributed by atoms with E-state index in [-0.39, 0.29) is 116 Å². The van der Waals surface area contributed by atoms with E-state index in [0.717, 1.165) is 49.2 Å². The number of aliphatic hydroxyl groups is 2. The molecule has 2 aliphatic heterocycles. The van der Waals surface area contributed by atoms with E-state index >= 15 is 28.8 Å². The second kappa shape index (κ2) is 68.7. The van der Waals surface area contributed by atoms with Gasteiger partial charge < -0.3 is 142 Å². The molecule has 2 saturated heterocycles. The Hall–Kier alpha value is -14.7. The van der Waals surface area contributed by atoms with E-state index < -0.39 is 276 Å². The van der Waals surface area contributed by atoms with Crippen LogP contribution in [0.2, 0.25) is 0 Å². The van der Waals surface area contributed by atoms with Gasteiger partial charge in [0.05, 0.1) is 70.7 Å². The van der Waals surface area contributed by atoms with Crippen LogP contribution in [0.4, 0.5) is 0 Å². The van der Waals surface area contributed by atoms with Crippen LogP contribution >= 0.6 is 0 Å². The molecule has 17 amide bonds. The number of amides is 17. The van der Waals surface area contributed by atoms with Gasteiger partial charge >= 0.3 is 11.9 Å². The number of rotatable bonds is 63. The van der Waals surface area contributed by atoms with Crippen LogP contribution < -0.4 is 97.0 Å². The van der Waals surface area contributed by atoms with E-state index in [1.54, 1.807) is 67.7 Å². The number of carboxylic acid groups (broad SMARTS) is 2. The minimum Gasteiger partial charge on any atom is -0.480 e. The number of imidazole rings is 1. The number of aryl methyl sites for hydroxylation is 1. The highest BCUT2D eigenvalue weighted by molar-refractivity contribution is 6.01. The fourth-order valence-electron chi connectivity index (χ4n) is 16.6. The van der Waals surface area contributed by atoms with Gasteiger partial charge in [-0.1, -0.05) is 146 Å². The third-order valence-corrected chi connectivity index (χ3v) is 24.6. The first-order valence-corrected chi connectivity index (χ1v) is 50.5. The average molecular weight is 2110 g/mol. The largest absolute Gasteiger partial charge is 0.480 e. The lowest BCUT2D eigenvalue weighted by Gasteiger charge is -2.31. The number of aromatic amines is 3. The normalized spacial score (nSPS) is 18.0. The number of hydrogen-bond acceptors (Lipinski definition) is 29. The van der Waals surface area contributed by atoms with Crippen LogP contribution in [-0.2, 0) is 126 Å². The fraction of sp³-hybridized carbons (Fsp3) is 0.608. The number of ether oxygens (including phenoxy) is 2. The number of unbranched alkanes of at least 4 members (excludes halogenated alkanes) is 13. The summed E-state index contributed by atoms with van der Waals surface area (Å²) in [7, 11) is 0. The quantitative estimate of drug-likeness (QED) is 0.00995. The third kappa shape index (κ3) is 47.6. The third-order valence-electron chi connectivity index (χ3n) is 24.6. The van der Waals surface area contributed by atoms with Gasteiger partial charge in [-0.25, -0.2) is 10.1 Å². The van der Waals surface area contributed by atoms with Gasteiger partial charge in [-0.2, -0.15) is 0 Å². The van der Waals surface area contributed by atoms with E-state index in [2.05, 4.69) is 115 Å². The number of guanidine groups is 1. The number of aromatic nitrogens is 7. The number of hydrogen-bond donors (Lipinski definition) is 26. The number of carbonyl (C=O) groups excluding carboxylic acids is 17. The van der Waals surface area contributed by atoms with Crippen LogP contribution in [0.5, 0.6) is 0 Å². The van der Waals surface area contributed by atoms with Gasteiger partial charge in [0.2, 0.25) is 100 Å². The van der Waals surface area contributed by atoms with Crippen LogP contribution in [0, 0.1) is 5.41 Å². The molecule has 150 heavy (non-hydrogen) atoms. The van der Waals surface area contributed by atoms with E-state index in [1.807, 2.05) is 0 Å². The Morgan fingerprint density at radius 3 is 1.85 bits per heavy atom. The molecule has 2 aliphatic rings. The monoisotopic (exact) mass is 2110 g/mol. The molecule has 0 spiro atoms. The maximum atomic E-state index is 15.5. The van der Waals surface area contributed by atoms with Gasteiger partial charge in [0.25, 0.3) is 0 Å². The number of nitrogens with one attached hydrogen (secondary N) is 19. The van der Waals surface area contributed by atoms with Crippen molar-refractivity contribution in [1.82, 2.24) is 125 Å². The summed E-state index contributed by atoms with van der Waals surface area (Å²) in [6.07, 6.45) is 15.0. The molecule has 12 atom stereocenters. The lowest BCUT2D eigenvalue weighted by atomic mass is 10.0. The molecule has 29 N–H and O–H groups in total. The van der Waals surface area contributed by atoms with Crippen LogP contribution in [0.25, 0.3) is 10.9 Å². The molecular formula is C97H150N28O25. The van der Waals surface area contributed by atoms with Crippen molar-refractivity contribution >= 4 is 129 Å². The van der Waals surface area contributed by atoms with E-state index in [4.69, 9.17) is 32.1 Å². The topological polar surface area (TPSA) is 811 Å². The van der Waals surface area contributed by atoms with Gasteiger partial charge in [-0.05, 0) is 91.8 Å². The van der Waals surface area contributed by atoms with Crippen molar-refractivity contribution in [3.05, 3.63) is 96.0 Å². The molecule has 0 unspecified atom stereocenters. The first kappa shape index (κ1) is 124. The van der Waals surface area contributed by atoms with Gasteiger partial charge in [-0.15, -0.1) is 5.10 Å². The number of nitrogens with two attached hydrogens (primary N) is 3. The highest BCUT2D eigenvalue weighted by Crippen LogP contribution is 2.25. The van der Waals surface area contributed by atoms with Crippen molar-refractivity contribution in [2.45, 2.75) is 286 Å². The molecule has 53 nitrogen and oxygen atoms in total. The van der Waals surface area contributed by atoms with Crippen LogP contribution in [0.15, 0.2) is 73.3 Å². The summed E-state index contributed by atoms with van der Waals surface area (Å²) in [6, 6.07) is -3.47. The Labute approximate surface area is 867 Å². The predicted octanol–water partition coefficient (Wildman–Crippen LogP) is -4.29. The highest BCUT2D eigenvalue weighted by atomic mass is 16.5. The number of aliphatic hydroxyl groups excluding tert-OH is 2. The number of benzene rings is 2. The molecule has 0 radical (unpaired) electrons. The van der Waals surface area contributed by atoms with Gasteiger partial charge in [0.15, 0.2) is 5.96 Å². The molecular weight excluding hydrogens is 1960 g/mol. The van der Waals surface area contributed by atoms with Crippen molar-refractivity contribution in [3.63, 3.8) is 0 Å². The summed E-state index contributed by atoms with van der Waals surface area (Å²) in [6.45, 7) is -4.87. The minimum atomic E-state index is -2.08. The SMILES string of the molecule is C.CCCC[C@H](NC(=O)[C@H](CNC(=O)CN(CC(=O)O)CC(=O)O)NC(=O)[C@H](Cc1c[nH]cn1)NC(=O)[C@H](CCC(N)=O)NC(=O)[C@H](CO)NC(=O)CNC(=O)COCCOCCNC(=O)CCCCCCCCCCCCCCCc1nnn[nH]1)C(=O)N[C@H]1CCC(=O)NCCCC[C@@H](C(N)=O)NC(=O)[C@@H](Cc2c[nH]c3ccccc23)NC(=O)[C@H](CCCNC(=N)N)NC(=O)[C@@H](Cc2ccccc2)NC(=O)[C@@H]2C[C@@H](O)CN2C1=O. The average Bonchev–Trinajstić information content (AvgIpc) is 1.65. The van der Waals surface area contributed by atoms with Crippen LogP contribution in [0.1, 0.15) is 210 Å². The van der Waals surface area contributed by atoms with E-state index in [9.17, 15) is 82.8 Å². The smallest absolute Gasteiger partial charge is 0.317 e. The molecule has 7 rings (SSSR count). The standard InChI is InChI=1S/C96H146N28O25.CH4/c1-2-3-28-66(86(138)114-69-35-37-79(129)102-38-23-22-30-65(85(98)137)110-90(142)71(45-60-48-105-64-29-21-20-27-63(60)64)115-87(139)67(31-24-39-104-96(99)100)111-89(141)70(44-59-25-16-15-17-26-59)117-94(146)75-47-62(126)52-124(75)95(69)147)112-92(144)73(50-106-81(131)53-123(54-83(133)134)55-84(135)136)118-91(143)72(46-61-49-101-58-108-61)116-88(140)68(34-36-76(97)127)113-93(145)74(56-125)109-80(130)51-107-82(132)57-149-43-42-148-41-40-103-78(128)33-19-14-12-10-8-6-4-5-7-9-11-13-18-32-77-119-121-122-120-77;/h15-17,20-21,25-27,29,48-49,58,62,65-75,105,125-126H,2-14,18-19,22-24,28,30-47,50-57H2,1H3,(H2,97,127)(H2,98,137)(H,101,108)(H,102,129)(H,103,128)(H,106,131)(H,107,132)(H,109,130)(H,110,142)(H,111,141)(H,112,144)(H,113,145)(H,114,138)(H,115,139)(H,116,140)(H,117,146)(H,118,143)(H,133,134)(H,135,136)(H4,99,100,104)(H,119,120,121,122);1H4/t62-,65+,66+,67+,68+,69+,70-,71-,72+,73+,74+,75+;/m1./s1. The van der Waals surface area contributed by atoms with Crippen molar-refractivity contribution in [3.8, 4) is 0 Å². The second-order valence-electron chi connectivity index (χ2n) is 36.7. The fourth-order valence-corrected chi connectivity index (χ4v) is 16.6. The number of para-hydroxylation sites is 1. The Bertz CT molecular complexity index is 5140. The van der Waals surface area contributed by atoms with Crippen molar-refractivity contribution in [1.29, 1.82) is 5.41 Å². The van der Waals surface area contributed by atoms with Gasteiger partial charge in [0.1, 0.15) is 78.9 Å². The summed E-state index contributed by atoms with van der Waals surface area (Å²) < 4.78 is 10.9. The number of aliphatic carboxylic acids is 2. The number of primary amides is 2. The number of nitrogens with zero attached hydrogens (tertiary/aromatic N) is 6. The number of H-pyrrole nitrogens is 3. The van der Waals surface area contributed by atoms with Gasteiger partial charge in [-0.3, -0.25) is 101 Å². The predicted molar refractivity (Wildman–Crippen MR) is 541 cm³/mol. The summed E-state index contributed by atoms with van der Waals surface area (Å²) in [5, 5.41) is 102. The molecule has 3 aromatic heterocycles. The number of carboxylic acids is 2. The molecule has 5 aromatic rings. The summed E-state index contributed by atoms with van der Waals surface area (Å²) in [5.74, 6) is -19.5.